The summed E-state index contributed by atoms with van der Waals surface area (Å²) in [4.78, 5) is 0.277. The molecule has 0 saturated carbocycles. The highest BCUT2D eigenvalue weighted by atomic mass is 32.2. The molecule has 0 radical (unpaired) electrons. The van der Waals surface area contributed by atoms with Gasteiger partial charge in [-0.05, 0) is 61.4 Å². The number of sulfone groups is 1. The predicted molar refractivity (Wildman–Crippen MR) is 90.0 cm³/mol. The summed E-state index contributed by atoms with van der Waals surface area (Å²) in [6, 6.07) is 12.7. The summed E-state index contributed by atoms with van der Waals surface area (Å²) in [5.41, 5.74) is 1.25. The lowest BCUT2D eigenvalue weighted by atomic mass is 10.2. The number of hydrogen-bond acceptors (Lipinski definition) is 6. The fraction of sp³-hybridized carbons (Fsp3) is 0.222. The molecule has 25 heavy (non-hydrogen) atoms. The Hall–Kier alpha value is -3.03. The number of rotatable bonds is 6. The monoisotopic (exact) mass is 356 g/mol. The summed E-state index contributed by atoms with van der Waals surface area (Å²) in [5, 5.41) is 17.1. The van der Waals surface area contributed by atoms with E-state index >= 15 is 0 Å². The number of benzene rings is 2. The topological polar surface area (TPSA) is 100 Å². The fourth-order valence-electron chi connectivity index (χ4n) is 2.26. The zero-order valence-electron chi connectivity index (χ0n) is 13.8. The van der Waals surface area contributed by atoms with Crippen LogP contribution in [0.3, 0.4) is 0 Å². The first-order chi connectivity index (χ1) is 11.9. The number of ether oxygens (including phenoxy) is 2. The SMILES string of the molecule is Cc1cc(S(=O)(=O)c2ccc(OCC#N)c(C)c2)ccc1OCC#N. The van der Waals surface area contributed by atoms with E-state index in [1.54, 1.807) is 13.8 Å². The first-order valence-electron chi connectivity index (χ1n) is 7.36. The van der Waals surface area contributed by atoms with Gasteiger partial charge in [-0.3, -0.25) is 0 Å². The molecule has 0 aliphatic carbocycles. The summed E-state index contributed by atoms with van der Waals surface area (Å²) < 4.78 is 36.1. The Morgan fingerprint density at radius 2 is 1.24 bits per heavy atom. The van der Waals surface area contributed by atoms with E-state index in [4.69, 9.17) is 20.0 Å². The van der Waals surface area contributed by atoms with Crippen molar-refractivity contribution in [2.45, 2.75) is 23.6 Å². The smallest absolute Gasteiger partial charge is 0.206 e. The van der Waals surface area contributed by atoms with E-state index in [1.165, 1.54) is 36.4 Å². The highest BCUT2D eigenvalue weighted by molar-refractivity contribution is 7.91. The molecule has 0 atom stereocenters. The van der Waals surface area contributed by atoms with Gasteiger partial charge >= 0.3 is 0 Å². The molecule has 0 heterocycles. The molecule has 0 aromatic heterocycles. The van der Waals surface area contributed by atoms with Crippen LogP contribution in [0, 0.1) is 36.5 Å². The van der Waals surface area contributed by atoms with E-state index < -0.39 is 9.84 Å². The van der Waals surface area contributed by atoms with E-state index in [0.29, 0.717) is 22.6 Å². The molecule has 0 aliphatic rings. The van der Waals surface area contributed by atoms with Crippen molar-refractivity contribution < 1.29 is 17.9 Å². The lowest BCUT2D eigenvalue weighted by molar-refractivity contribution is 0.365. The molecule has 2 aromatic carbocycles. The van der Waals surface area contributed by atoms with Gasteiger partial charge in [0.15, 0.2) is 13.2 Å². The number of nitrogens with zero attached hydrogens (tertiary/aromatic N) is 2. The standard InChI is InChI=1S/C18H16N2O4S/c1-13-11-15(3-5-17(13)23-9-7-19)25(21,22)16-4-6-18(14(2)12-16)24-10-8-20/h3-6,11-12H,9-10H2,1-2H3. The lowest BCUT2D eigenvalue weighted by Crippen LogP contribution is -2.05. The van der Waals surface area contributed by atoms with E-state index in [0.717, 1.165) is 0 Å². The quantitative estimate of drug-likeness (QED) is 0.789. The molecule has 0 bridgehead atoms. The van der Waals surface area contributed by atoms with Gasteiger partial charge in [0.05, 0.1) is 9.79 Å². The van der Waals surface area contributed by atoms with Crippen molar-refractivity contribution in [1.29, 1.82) is 10.5 Å². The molecule has 0 fully saturated rings. The van der Waals surface area contributed by atoms with Crippen LogP contribution in [-0.2, 0) is 9.84 Å². The summed E-state index contributed by atoms with van der Waals surface area (Å²) in [5.74, 6) is 0.939. The summed E-state index contributed by atoms with van der Waals surface area (Å²) in [7, 11) is -3.70. The van der Waals surface area contributed by atoms with Gasteiger partial charge in [0.1, 0.15) is 23.6 Å². The van der Waals surface area contributed by atoms with Gasteiger partial charge in [0, 0.05) is 0 Å². The van der Waals surface area contributed by atoms with Crippen LogP contribution in [0.25, 0.3) is 0 Å². The third-order valence-electron chi connectivity index (χ3n) is 3.50. The highest BCUT2D eigenvalue weighted by Gasteiger charge is 2.20. The van der Waals surface area contributed by atoms with Gasteiger partial charge in [-0.1, -0.05) is 0 Å². The molecule has 0 saturated heterocycles. The maximum atomic E-state index is 12.8. The van der Waals surface area contributed by atoms with Gasteiger partial charge in [-0.15, -0.1) is 0 Å². The Kier molecular flexibility index (Phi) is 5.63. The van der Waals surface area contributed by atoms with Crippen molar-refractivity contribution in [3.05, 3.63) is 47.5 Å². The van der Waals surface area contributed by atoms with Gasteiger partial charge in [0.25, 0.3) is 0 Å². The fourth-order valence-corrected chi connectivity index (χ4v) is 3.69. The van der Waals surface area contributed by atoms with Crippen molar-refractivity contribution in [3.63, 3.8) is 0 Å². The van der Waals surface area contributed by atoms with Crippen LogP contribution in [0.4, 0.5) is 0 Å². The van der Waals surface area contributed by atoms with Crippen molar-refractivity contribution >= 4 is 9.84 Å². The van der Waals surface area contributed by atoms with Gasteiger partial charge in [-0.2, -0.15) is 10.5 Å². The first-order valence-corrected chi connectivity index (χ1v) is 8.84. The molecule has 0 spiro atoms. The minimum Gasteiger partial charge on any atom is -0.478 e. The Bertz CT molecular complexity index is 896. The second kappa shape index (κ2) is 7.69. The van der Waals surface area contributed by atoms with Crippen LogP contribution in [0.1, 0.15) is 11.1 Å². The molecule has 0 aliphatic heterocycles. The third kappa shape index (κ3) is 4.09. The molecule has 6 nitrogen and oxygen atoms in total. The lowest BCUT2D eigenvalue weighted by Gasteiger charge is -2.11. The zero-order valence-corrected chi connectivity index (χ0v) is 14.6. The second-order valence-corrected chi connectivity index (χ2v) is 7.20. The maximum Gasteiger partial charge on any atom is 0.206 e. The van der Waals surface area contributed by atoms with E-state index in [1.807, 2.05) is 12.1 Å². The minimum absolute atomic E-state index is 0.101. The molecule has 2 rings (SSSR count). The minimum atomic E-state index is -3.70. The van der Waals surface area contributed by atoms with E-state index in [9.17, 15) is 8.42 Å². The average molecular weight is 356 g/mol. The van der Waals surface area contributed by atoms with E-state index in [-0.39, 0.29) is 23.0 Å². The molecule has 0 amide bonds. The van der Waals surface area contributed by atoms with Gasteiger partial charge < -0.3 is 9.47 Å². The molecule has 2 aromatic rings. The number of aryl methyl sites for hydroxylation is 2. The molecule has 0 N–H and O–H groups in total. The summed E-state index contributed by atoms with van der Waals surface area (Å²) >= 11 is 0. The summed E-state index contributed by atoms with van der Waals surface area (Å²) in [6.07, 6.45) is 0. The van der Waals surface area contributed by atoms with Crippen molar-refractivity contribution in [2.24, 2.45) is 0 Å². The molecular formula is C18H16N2O4S. The van der Waals surface area contributed by atoms with Crippen molar-refractivity contribution in [3.8, 4) is 23.6 Å². The Morgan fingerprint density at radius 1 is 0.840 bits per heavy atom. The van der Waals surface area contributed by atoms with Crippen molar-refractivity contribution in [1.82, 2.24) is 0 Å². The molecular weight excluding hydrogens is 340 g/mol. The largest absolute Gasteiger partial charge is 0.478 e. The van der Waals surface area contributed by atoms with Gasteiger partial charge in [0.2, 0.25) is 9.84 Å². The van der Waals surface area contributed by atoms with E-state index in [2.05, 4.69) is 0 Å². The van der Waals surface area contributed by atoms with Crippen LogP contribution in [-0.4, -0.2) is 21.6 Å². The first kappa shape index (κ1) is 18.3. The zero-order chi connectivity index (χ0) is 18.4. The van der Waals surface area contributed by atoms with Crippen LogP contribution < -0.4 is 9.47 Å². The van der Waals surface area contributed by atoms with Crippen LogP contribution >= 0.6 is 0 Å². The highest BCUT2D eigenvalue weighted by Crippen LogP contribution is 2.29. The Morgan fingerprint density at radius 3 is 1.56 bits per heavy atom. The Labute approximate surface area is 146 Å². The molecule has 0 unspecified atom stereocenters. The number of hydrogen-bond donors (Lipinski definition) is 0. The van der Waals surface area contributed by atoms with Crippen LogP contribution in [0.5, 0.6) is 11.5 Å². The molecule has 7 heteroatoms. The maximum absolute atomic E-state index is 12.8. The number of nitriles is 2. The normalized spacial score (nSPS) is 10.6. The van der Waals surface area contributed by atoms with Crippen LogP contribution in [0.2, 0.25) is 0 Å². The average Bonchev–Trinajstić information content (AvgIpc) is 2.59. The third-order valence-corrected chi connectivity index (χ3v) is 5.25. The molecule has 128 valence electrons. The predicted octanol–water partition coefficient (Wildman–Crippen LogP) is 2.94. The van der Waals surface area contributed by atoms with Crippen molar-refractivity contribution in [2.75, 3.05) is 13.2 Å². The van der Waals surface area contributed by atoms with Gasteiger partial charge in [-0.25, -0.2) is 8.42 Å². The summed E-state index contributed by atoms with van der Waals surface area (Å²) in [6.45, 7) is 3.23. The van der Waals surface area contributed by atoms with Crippen LogP contribution in [0.15, 0.2) is 46.2 Å². The Balaban J connectivity index is 2.36. The second-order valence-electron chi connectivity index (χ2n) is 5.25.